The maximum absolute atomic E-state index is 10.0. The largest absolute Gasteiger partial charge is 0.390 e. The second-order valence-corrected chi connectivity index (χ2v) is 5.01. The molecule has 0 saturated carbocycles. The third-order valence-electron chi connectivity index (χ3n) is 2.74. The first-order chi connectivity index (χ1) is 6.29. The van der Waals surface area contributed by atoms with Crippen LogP contribution in [0.1, 0.15) is 27.2 Å². The molecule has 3 atom stereocenters. The molecule has 0 radical (unpaired) electrons. The van der Waals surface area contributed by atoms with Gasteiger partial charge in [0.2, 0.25) is 0 Å². The van der Waals surface area contributed by atoms with Gasteiger partial charge in [0.25, 0.3) is 0 Å². The van der Waals surface area contributed by atoms with Crippen LogP contribution in [0.25, 0.3) is 0 Å². The van der Waals surface area contributed by atoms with E-state index >= 15 is 0 Å². The first-order valence-corrected chi connectivity index (χ1v) is 5.57. The van der Waals surface area contributed by atoms with Crippen molar-refractivity contribution in [3.05, 3.63) is 11.1 Å². The molecule has 1 fully saturated rings. The normalized spacial score (nSPS) is 36.1. The summed E-state index contributed by atoms with van der Waals surface area (Å²) in [5.74, 6) is 0. The van der Waals surface area contributed by atoms with Crippen molar-refractivity contribution in [2.24, 2.45) is 0 Å². The second-order valence-electron chi connectivity index (χ2n) is 4.48. The first-order valence-electron chi connectivity index (χ1n) is 4.66. The summed E-state index contributed by atoms with van der Waals surface area (Å²) in [6, 6.07) is 0. The average molecular weight is 265 g/mol. The van der Waals surface area contributed by atoms with Crippen LogP contribution in [0.4, 0.5) is 0 Å². The highest BCUT2D eigenvalue weighted by molar-refractivity contribution is 9.11. The molecule has 0 spiro atoms. The molecule has 2 N–H and O–H groups in total. The number of aliphatic hydroxyl groups excluding tert-OH is 1. The van der Waals surface area contributed by atoms with E-state index in [0.29, 0.717) is 6.42 Å². The molecule has 3 nitrogen and oxygen atoms in total. The van der Waals surface area contributed by atoms with Crippen molar-refractivity contribution in [1.29, 1.82) is 0 Å². The summed E-state index contributed by atoms with van der Waals surface area (Å²) in [4.78, 5) is 1.61. The van der Waals surface area contributed by atoms with Gasteiger partial charge in [0, 0.05) is 6.42 Å². The van der Waals surface area contributed by atoms with Gasteiger partial charge in [0.15, 0.2) is 0 Å². The van der Waals surface area contributed by atoms with E-state index in [1.54, 1.807) is 18.0 Å². The van der Waals surface area contributed by atoms with Crippen LogP contribution in [0.15, 0.2) is 11.1 Å². The van der Waals surface area contributed by atoms with Crippen molar-refractivity contribution >= 4 is 15.9 Å². The van der Waals surface area contributed by atoms with Crippen molar-refractivity contribution in [2.45, 2.75) is 50.6 Å². The van der Waals surface area contributed by atoms with Crippen molar-refractivity contribution in [3.8, 4) is 0 Å². The van der Waals surface area contributed by atoms with E-state index in [9.17, 15) is 10.2 Å². The maximum atomic E-state index is 10.0. The molecule has 0 aliphatic carbocycles. The van der Waals surface area contributed by atoms with E-state index in [0.717, 1.165) is 0 Å². The molecular formula is C10H17BrO3. The van der Waals surface area contributed by atoms with Crippen LogP contribution in [0.5, 0.6) is 0 Å². The fourth-order valence-corrected chi connectivity index (χ4v) is 2.11. The summed E-state index contributed by atoms with van der Waals surface area (Å²) in [5, 5.41) is 19.7. The number of hydrogen-bond acceptors (Lipinski definition) is 3. The van der Waals surface area contributed by atoms with Gasteiger partial charge in [-0.3, -0.25) is 0 Å². The van der Waals surface area contributed by atoms with E-state index in [4.69, 9.17) is 4.74 Å². The van der Waals surface area contributed by atoms with Crippen LogP contribution >= 0.6 is 15.9 Å². The van der Waals surface area contributed by atoms with Crippen LogP contribution in [0.2, 0.25) is 0 Å². The van der Waals surface area contributed by atoms with Crippen molar-refractivity contribution < 1.29 is 14.9 Å². The summed E-state index contributed by atoms with van der Waals surface area (Å²) >= 11 is 3.12. The Hall–Kier alpha value is 0.1000. The van der Waals surface area contributed by atoms with Gasteiger partial charge in [0.05, 0.1) is 17.8 Å². The van der Waals surface area contributed by atoms with E-state index in [-0.39, 0.29) is 6.10 Å². The van der Waals surface area contributed by atoms with Crippen molar-refractivity contribution in [2.75, 3.05) is 0 Å². The highest BCUT2D eigenvalue weighted by atomic mass is 79.9. The quantitative estimate of drug-likeness (QED) is 0.796. The lowest BCUT2D eigenvalue weighted by molar-refractivity contribution is -0.109. The third kappa shape index (κ3) is 2.37. The van der Waals surface area contributed by atoms with E-state index in [2.05, 4.69) is 15.9 Å². The standard InChI is InChI=1S/C10H17BrO3/c1-9(2)7(12)6-8(14-9)10(3,13)4-5-11/h4-5,7-8,12-13H,6H2,1-3H3/b5-4+/t7-,8-,10-/m1/s1. The van der Waals surface area contributed by atoms with Gasteiger partial charge in [-0.25, -0.2) is 0 Å². The summed E-state index contributed by atoms with van der Waals surface area (Å²) < 4.78 is 5.61. The minimum Gasteiger partial charge on any atom is -0.390 e. The van der Waals surface area contributed by atoms with Crippen LogP contribution in [-0.2, 0) is 4.74 Å². The summed E-state index contributed by atoms with van der Waals surface area (Å²) in [5.41, 5.74) is -1.62. The Kier molecular flexibility index (Phi) is 3.41. The van der Waals surface area contributed by atoms with Crippen LogP contribution in [0.3, 0.4) is 0 Å². The average Bonchev–Trinajstić information content (AvgIpc) is 2.27. The van der Waals surface area contributed by atoms with Gasteiger partial charge < -0.3 is 14.9 Å². The second kappa shape index (κ2) is 3.93. The van der Waals surface area contributed by atoms with Crippen LogP contribution in [0, 0.1) is 0 Å². The lowest BCUT2D eigenvalue weighted by Crippen LogP contribution is -2.38. The predicted octanol–water partition coefficient (Wildman–Crippen LogP) is 1.57. The lowest BCUT2D eigenvalue weighted by Gasteiger charge is -2.28. The molecule has 0 aromatic rings. The molecule has 1 aliphatic rings. The summed E-state index contributed by atoms with van der Waals surface area (Å²) in [6.45, 7) is 5.32. The molecule has 4 heteroatoms. The summed E-state index contributed by atoms with van der Waals surface area (Å²) in [7, 11) is 0. The molecule has 1 saturated heterocycles. The minimum atomic E-state index is -1.04. The minimum absolute atomic E-state index is 0.360. The zero-order valence-corrected chi connectivity index (χ0v) is 10.3. The fraction of sp³-hybridized carbons (Fsp3) is 0.800. The fourth-order valence-electron chi connectivity index (χ4n) is 1.57. The SMILES string of the molecule is CC1(C)O[C@@H]([C@](C)(O)/C=C/Br)C[C@H]1O. The number of ether oxygens (including phenoxy) is 1. The van der Waals surface area contributed by atoms with Crippen molar-refractivity contribution in [1.82, 2.24) is 0 Å². The van der Waals surface area contributed by atoms with Gasteiger partial charge in [-0.15, -0.1) is 0 Å². The van der Waals surface area contributed by atoms with E-state index in [1.807, 2.05) is 13.8 Å². The Labute approximate surface area is 92.9 Å². The van der Waals surface area contributed by atoms with Crippen LogP contribution in [-0.4, -0.2) is 33.6 Å². The first kappa shape index (κ1) is 12.2. The molecule has 0 bridgehead atoms. The Morgan fingerprint density at radius 1 is 1.57 bits per heavy atom. The molecule has 1 heterocycles. The zero-order valence-electron chi connectivity index (χ0n) is 8.70. The molecule has 0 aromatic heterocycles. The Balaban J connectivity index is 2.75. The Morgan fingerprint density at radius 3 is 2.50 bits per heavy atom. The van der Waals surface area contributed by atoms with E-state index in [1.165, 1.54) is 0 Å². The van der Waals surface area contributed by atoms with E-state index < -0.39 is 17.3 Å². The highest BCUT2D eigenvalue weighted by Crippen LogP contribution is 2.35. The lowest BCUT2D eigenvalue weighted by atomic mass is 9.94. The molecule has 0 aromatic carbocycles. The molecule has 14 heavy (non-hydrogen) atoms. The predicted molar refractivity (Wildman–Crippen MR) is 58.3 cm³/mol. The molecule has 0 unspecified atom stereocenters. The third-order valence-corrected chi connectivity index (χ3v) is 3.00. The molecule has 1 aliphatic heterocycles. The van der Waals surface area contributed by atoms with Gasteiger partial charge in [-0.1, -0.05) is 15.9 Å². The van der Waals surface area contributed by atoms with Gasteiger partial charge >= 0.3 is 0 Å². The molecule has 82 valence electrons. The van der Waals surface area contributed by atoms with Gasteiger partial charge in [-0.05, 0) is 31.8 Å². The number of hydrogen-bond donors (Lipinski definition) is 2. The zero-order chi connectivity index (χ0) is 11.0. The number of rotatable bonds is 2. The summed E-state index contributed by atoms with van der Waals surface area (Å²) in [6.07, 6.45) is 1.19. The van der Waals surface area contributed by atoms with Gasteiger partial charge in [-0.2, -0.15) is 0 Å². The van der Waals surface area contributed by atoms with Crippen LogP contribution < -0.4 is 0 Å². The maximum Gasteiger partial charge on any atom is 0.107 e. The molecular weight excluding hydrogens is 248 g/mol. The van der Waals surface area contributed by atoms with Crippen molar-refractivity contribution in [3.63, 3.8) is 0 Å². The monoisotopic (exact) mass is 264 g/mol. The van der Waals surface area contributed by atoms with Gasteiger partial charge in [0.1, 0.15) is 5.60 Å². The Morgan fingerprint density at radius 2 is 2.14 bits per heavy atom. The molecule has 1 rings (SSSR count). The highest BCUT2D eigenvalue weighted by Gasteiger charge is 2.46. The smallest absolute Gasteiger partial charge is 0.107 e. The number of halogens is 1. The Bertz CT molecular complexity index is 236. The topological polar surface area (TPSA) is 49.7 Å². The molecule has 0 amide bonds. The number of aliphatic hydroxyl groups is 2.